The second-order valence-corrected chi connectivity index (χ2v) is 8.77. The lowest BCUT2D eigenvalue weighted by molar-refractivity contribution is -0.155. The van der Waals surface area contributed by atoms with E-state index in [1.165, 1.54) is 0 Å². The first-order chi connectivity index (χ1) is 16.6. The van der Waals surface area contributed by atoms with Crippen molar-refractivity contribution >= 4 is 18.0 Å². The Morgan fingerprint density at radius 2 is 1.66 bits per heavy atom. The van der Waals surface area contributed by atoms with Crippen LogP contribution >= 0.6 is 0 Å². The molecule has 0 bridgehead atoms. The Morgan fingerprint density at radius 3 is 2.23 bits per heavy atom. The van der Waals surface area contributed by atoms with Crippen LogP contribution in [0.3, 0.4) is 0 Å². The molecule has 2 unspecified atom stereocenters. The standard InChI is InChI=1S/C25H25F3N2O5/c26-25(27,28)13-21(23(33)30-11-5-6-15(30)12-22(31)32)29-24(34)35-14-20-18-9-3-1-7-16(18)17-8-2-4-10-19(17)20/h1-4,7-10,15,20-21H,5-6,11-14H2,(H,29,34)(H,31,32). The number of halogens is 3. The zero-order chi connectivity index (χ0) is 25.2. The van der Waals surface area contributed by atoms with E-state index >= 15 is 0 Å². The minimum atomic E-state index is -4.72. The number of carboxylic acids is 1. The van der Waals surface area contributed by atoms with E-state index in [-0.39, 0.29) is 25.5 Å². The summed E-state index contributed by atoms with van der Waals surface area (Å²) < 4.78 is 45.0. The number of aliphatic carboxylic acids is 1. The third kappa shape index (κ3) is 5.58. The van der Waals surface area contributed by atoms with Crippen LogP contribution in [0.15, 0.2) is 48.5 Å². The van der Waals surface area contributed by atoms with Crippen molar-refractivity contribution in [3.63, 3.8) is 0 Å². The lowest BCUT2D eigenvalue weighted by Gasteiger charge is -2.29. The van der Waals surface area contributed by atoms with Gasteiger partial charge in [-0.1, -0.05) is 48.5 Å². The van der Waals surface area contributed by atoms with E-state index in [0.29, 0.717) is 12.8 Å². The van der Waals surface area contributed by atoms with Gasteiger partial charge < -0.3 is 20.1 Å². The van der Waals surface area contributed by atoms with E-state index < -0.39 is 42.7 Å². The van der Waals surface area contributed by atoms with E-state index in [1.807, 2.05) is 48.5 Å². The highest BCUT2D eigenvalue weighted by molar-refractivity contribution is 5.87. The summed E-state index contributed by atoms with van der Waals surface area (Å²) in [6.07, 6.45) is -6.95. The maximum absolute atomic E-state index is 13.2. The fraction of sp³-hybridized carbons (Fsp3) is 0.400. The molecule has 1 heterocycles. The highest BCUT2D eigenvalue weighted by Gasteiger charge is 2.41. The number of carboxylic acid groups (broad SMARTS) is 1. The molecule has 2 atom stereocenters. The van der Waals surface area contributed by atoms with Gasteiger partial charge in [0.2, 0.25) is 5.91 Å². The maximum atomic E-state index is 13.2. The lowest BCUT2D eigenvalue weighted by atomic mass is 9.98. The average Bonchev–Trinajstić information content (AvgIpc) is 3.38. The molecule has 1 aliphatic carbocycles. The SMILES string of the molecule is O=C(O)CC1CCCN1C(=O)C(CC(F)(F)F)NC(=O)OCC1c2ccccc2-c2ccccc21. The molecule has 2 amide bonds. The van der Waals surface area contributed by atoms with E-state index in [2.05, 4.69) is 5.32 Å². The second-order valence-electron chi connectivity index (χ2n) is 8.77. The molecular formula is C25H25F3N2O5. The summed E-state index contributed by atoms with van der Waals surface area (Å²) in [5.74, 6) is -2.39. The maximum Gasteiger partial charge on any atom is 0.407 e. The molecule has 2 N–H and O–H groups in total. The number of ether oxygens (including phenoxy) is 1. The van der Waals surface area contributed by atoms with Crippen molar-refractivity contribution in [3.8, 4) is 11.1 Å². The highest BCUT2D eigenvalue weighted by Crippen LogP contribution is 2.44. The van der Waals surface area contributed by atoms with Crippen LogP contribution in [0.1, 0.15) is 42.7 Å². The van der Waals surface area contributed by atoms with Gasteiger partial charge in [0.15, 0.2) is 0 Å². The first kappa shape index (κ1) is 24.6. The molecule has 0 radical (unpaired) electrons. The Balaban J connectivity index is 1.45. The second kappa shape index (κ2) is 9.97. The van der Waals surface area contributed by atoms with Crippen molar-refractivity contribution in [3.05, 3.63) is 59.7 Å². The number of amides is 2. The van der Waals surface area contributed by atoms with Crippen LogP contribution in [-0.4, -0.2) is 59.4 Å². The first-order valence-corrected chi connectivity index (χ1v) is 11.3. The number of carbonyl (C=O) groups is 3. The van der Waals surface area contributed by atoms with Gasteiger partial charge >= 0.3 is 18.2 Å². The molecular weight excluding hydrogens is 465 g/mol. The van der Waals surface area contributed by atoms with Crippen molar-refractivity contribution in [1.82, 2.24) is 10.2 Å². The fourth-order valence-corrected chi connectivity index (χ4v) is 4.95. The predicted molar refractivity (Wildman–Crippen MR) is 120 cm³/mol. The number of fused-ring (bicyclic) bond motifs is 3. The first-order valence-electron chi connectivity index (χ1n) is 11.3. The van der Waals surface area contributed by atoms with Crippen molar-refractivity contribution in [1.29, 1.82) is 0 Å². The molecule has 1 saturated heterocycles. The van der Waals surface area contributed by atoms with Crippen LogP contribution in [-0.2, 0) is 14.3 Å². The van der Waals surface area contributed by atoms with E-state index in [0.717, 1.165) is 27.2 Å². The molecule has 10 heteroatoms. The molecule has 0 saturated carbocycles. The molecule has 0 spiro atoms. The van der Waals surface area contributed by atoms with E-state index in [9.17, 15) is 27.6 Å². The van der Waals surface area contributed by atoms with Crippen molar-refractivity contribution in [2.75, 3.05) is 13.2 Å². The van der Waals surface area contributed by atoms with Crippen LogP contribution in [0.25, 0.3) is 11.1 Å². The molecule has 35 heavy (non-hydrogen) atoms. The summed E-state index contributed by atoms with van der Waals surface area (Å²) in [5, 5.41) is 11.1. The number of hydrogen-bond donors (Lipinski definition) is 2. The number of hydrogen-bond acceptors (Lipinski definition) is 4. The number of nitrogens with one attached hydrogen (secondary N) is 1. The summed E-state index contributed by atoms with van der Waals surface area (Å²) >= 11 is 0. The third-order valence-electron chi connectivity index (χ3n) is 6.44. The molecule has 2 aromatic carbocycles. The smallest absolute Gasteiger partial charge is 0.407 e. The normalized spacial score (nSPS) is 18.0. The monoisotopic (exact) mass is 490 g/mol. The van der Waals surface area contributed by atoms with Gasteiger partial charge in [-0.15, -0.1) is 0 Å². The van der Waals surface area contributed by atoms with Crippen LogP contribution < -0.4 is 5.32 Å². The summed E-state index contributed by atoms with van der Waals surface area (Å²) in [7, 11) is 0. The minimum Gasteiger partial charge on any atom is -0.481 e. The largest absolute Gasteiger partial charge is 0.481 e. The number of alkyl halides is 3. The summed E-state index contributed by atoms with van der Waals surface area (Å²) in [6.45, 7) is 0.0235. The molecule has 7 nitrogen and oxygen atoms in total. The van der Waals surface area contributed by atoms with Crippen molar-refractivity contribution in [2.45, 2.75) is 49.9 Å². The highest BCUT2D eigenvalue weighted by atomic mass is 19.4. The summed E-state index contributed by atoms with van der Waals surface area (Å²) in [6, 6.07) is 12.6. The molecule has 2 aromatic rings. The van der Waals surface area contributed by atoms with Gasteiger partial charge in [-0.2, -0.15) is 13.2 Å². The van der Waals surface area contributed by atoms with Crippen molar-refractivity contribution < 1.29 is 37.4 Å². The Bertz CT molecular complexity index is 1070. The fourth-order valence-electron chi connectivity index (χ4n) is 4.95. The van der Waals surface area contributed by atoms with Gasteiger partial charge in [-0.3, -0.25) is 9.59 Å². The average molecular weight is 490 g/mol. The number of rotatable bonds is 7. The van der Waals surface area contributed by atoms with Crippen LogP contribution in [0.4, 0.5) is 18.0 Å². The Kier molecular flexibility index (Phi) is 7.00. The van der Waals surface area contributed by atoms with Gasteiger partial charge in [-0.25, -0.2) is 4.79 Å². The quantitative estimate of drug-likeness (QED) is 0.603. The van der Waals surface area contributed by atoms with Crippen LogP contribution in [0.5, 0.6) is 0 Å². The summed E-state index contributed by atoms with van der Waals surface area (Å²) in [5.41, 5.74) is 3.89. The van der Waals surface area contributed by atoms with Crippen molar-refractivity contribution in [2.24, 2.45) is 0 Å². The molecule has 2 aliphatic rings. The Morgan fingerprint density at radius 1 is 1.06 bits per heavy atom. The number of nitrogens with zero attached hydrogens (tertiary/aromatic N) is 1. The Labute approximate surface area is 199 Å². The van der Waals surface area contributed by atoms with E-state index in [1.54, 1.807) is 0 Å². The number of carbonyl (C=O) groups excluding carboxylic acids is 2. The number of likely N-dealkylation sites (tertiary alicyclic amines) is 1. The zero-order valence-corrected chi connectivity index (χ0v) is 18.8. The predicted octanol–water partition coefficient (Wildman–Crippen LogP) is 4.31. The summed E-state index contributed by atoms with van der Waals surface area (Å²) in [4.78, 5) is 37.6. The van der Waals surface area contributed by atoms with Crippen LogP contribution in [0.2, 0.25) is 0 Å². The van der Waals surface area contributed by atoms with Gasteiger partial charge in [0.25, 0.3) is 0 Å². The lowest BCUT2D eigenvalue weighted by Crippen LogP contribution is -2.52. The van der Waals surface area contributed by atoms with Gasteiger partial charge in [0.1, 0.15) is 12.6 Å². The van der Waals surface area contributed by atoms with Gasteiger partial charge in [0, 0.05) is 18.5 Å². The molecule has 1 aliphatic heterocycles. The van der Waals surface area contributed by atoms with Gasteiger partial charge in [-0.05, 0) is 35.1 Å². The van der Waals surface area contributed by atoms with Crippen LogP contribution in [0, 0.1) is 0 Å². The number of alkyl carbamates (subject to hydrolysis) is 1. The Hall–Kier alpha value is -3.56. The molecule has 1 fully saturated rings. The molecule has 4 rings (SSSR count). The molecule has 186 valence electrons. The zero-order valence-electron chi connectivity index (χ0n) is 18.8. The number of benzene rings is 2. The molecule has 0 aromatic heterocycles. The van der Waals surface area contributed by atoms with E-state index in [4.69, 9.17) is 9.84 Å². The third-order valence-corrected chi connectivity index (χ3v) is 6.44. The topological polar surface area (TPSA) is 95.9 Å². The minimum absolute atomic E-state index is 0.113. The van der Waals surface area contributed by atoms with Gasteiger partial charge in [0.05, 0.1) is 12.8 Å².